The van der Waals surface area contributed by atoms with Crippen molar-refractivity contribution in [1.82, 2.24) is 9.55 Å². The Kier molecular flexibility index (Phi) is 4.14. The van der Waals surface area contributed by atoms with Crippen molar-refractivity contribution in [2.75, 3.05) is 0 Å². The summed E-state index contributed by atoms with van der Waals surface area (Å²) >= 11 is 0. The summed E-state index contributed by atoms with van der Waals surface area (Å²) in [6.07, 6.45) is -1.59. The molecule has 2 atom stereocenters. The fraction of sp³-hybridized carbons (Fsp3) is 0.375. The van der Waals surface area contributed by atoms with Crippen LogP contribution >= 0.6 is 0 Å². The van der Waals surface area contributed by atoms with E-state index in [0.717, 1.165) is 11.1 Å². The van der Waals surface area contributed by atoms with Crippen molar-refractivity contribution >= 4 is 16.9 Å². The normalized spacial score (nSPS) is 22.8. The summed E-state index contributed by atoms with van der Waals surface area (Å²) in [5.41, 5.74) is 8.25. The average Bonchev–Trinajstić information content (AvgIpc) is 3.17. The first-order valence-corrected chi connectivity index (χ1v) is 11.0. The van der Waals surface area contributed by atoms with Crippen LogP contribution in [0.15, 0.2) is 23.0 Å². The summed E-state index contributed by atoms with van der Waals surface area (Å²) in [5.74, 6) is -0.784. The van der Waals surface area contributed by atoms with Gasteiger partial charge in [-0.2, -0.15) is 0 Å². The summed E-state index contributed by atoms with van der Waals surface area (Å²) in [5, 5.41) is 11.7. The Bertz CT molecular complexity index is 1450. The molecule has 0 bridgehead atoms. The number of fused-ring (bicyclic) bond motifs is 5. The Morgan fingerprint density at radius 3 is 2.82 bits per heavy atom. The van der Waals surface area contributed by atoms with Gasteiger partial charge < -0.3 is 20.1 Å². The summed E-state index contributed by atoms with van der Waals surface area (Å²) < 4.78 is 34.0. The van der Waals surface area contributed by atoms with Crippen LogP contribution in [0.4, 0.5) is 8.78 Å². The number of cyclic esters (lactones) is 1. The second-order valence-corrected chi connectivity index (χ2v) is 8.93. The fourth-order valence-electron chi connectivity index (χ4n) is 5.62. The lowest BCUT2D eigenvalue weighted by atomic mass is 9.82. The zero-order valence-corrected chi connectivity index (χ0v) is 17.8. The van der Waals surface area contributed by atoms with Gasteiger partial charge in [-0.25, -0.2) is 18.6 Å². The molecular formula is C24H21F2N3O4. The molecule has 1 aliphatic carbocycles. The summed E-state index contributed by atoms with van der Waals surface area (Å²) in [4.78, 5) is 30.5. The van der Waals surface area contributed by atoms with Gasteiger partial charge in [0.25, 0.3) is 12.0 Å². The van der Waals surface area contributed by atoms with Gasteiger partial charge in [-0.05, 0) is 42.5 Å². The van der Waals surface area contributed by atoms with E-state index in [-0.39, 0.29) is 47.9 Å². The Morgan fingerprint density at radius 1 is 1.30 bits per heavy atom. The minimum atomic E-state index is -2.60. The van der Waals surface area contributed by atoms with E-state index in [9.17, 15) is 23.5 Å². The molecule has 4 heterocycles. The molecule has 3 N–H and O–H groups in total. The minimum Gasteiger partial charge on any atom is -0.458 e. The molecule has 0 spiro atoms. The molecule has 0 radical (unpaired) electrons. The van der Waals surface area contributed by atoms with Crippen molar-refractivity contribution in [1.29, 1.82) is 0 Å². The molecule has 170 valence electrons. The monoisotopic (exact) mass is 453 g/mol. The number of carbonyl (C=O) groups is 1. The molecule has 9 heteroatoms. The number of hydrogen-bond donors (Lipinski definition) is 2. The number of rotatable bonds is 2. The van der Waals surface area contributed by atoms with E-state index in [4.69, 9.17) is 15.5 Å². The third-order valence-electron chi connectivity index (χ3n) is 7.35. The second-order valence-electron chi connectivity index (χ2n) is 8.93. The number of alkyl halides is 2. The topological polar surface area (TPSA) is 107 Å². The second kappa shape index (κ2) is 6.68. The molecule has 33 heavy (non-hydrogen) atoms. The molecule has 0 saturated heterocycles. The van der Waals surface area contributed by atoms with Gasteiger partial charge in [0.2, 0.25) is 0 Å². The molecular weight excluding hydrogens is 432 g/mol. The predicted molar refractivity (Wildman–Crippen MR) is 115 cm³/mol. The number of aryl methyl sites for hydroxylation is 1. The van der Waals surface area contributed by atoms with Gasteiger partial charge in [0.1, 0.15) is 6.61 Å². The van der Waals surface area contributed by atoms with E-state index in [1.807, 2.05) is 0 Å². The lowest BCUT2D eigenvalue weighted by Gasteiger charge is -2.31. The van der Waals surface area contributed by atoms with Crippen LogP contribution in [0.1, 0.15) is 65.6 Å². The van der Waals surface area contributed by atoms with E-state index < -0.39 is 18.0 Å². The van der Waals surface area contributed by atoms with Crippen LogP contribution in [0.25, 0.3) is 22.3 Å². The Hall–Kier alpha value is -3.17. The number of halogens is 2. The van der Waals surface area contributed by atoms with Gasteiger partial charge in [-0.1, -0.05) is 13.0 Å². The smallest absolute Gasteiger partial charge is 0.343 e. The molecule has 2 aliphatic heterocycles. The van der Waals surface area contributed by atoms with Gasteiger partial charge in [0.05, 0.1) is 29.0 Å². The number of ether oxygens (including phenoxy) is 1. The number of pyridine rings is 2. The highest BCUT2D eigenvalue weighted by Crippen LogP contribution is 2.45. The van der Waals surface area contributed by atoms with Gasteiger partial charge in [-0.3, -0.25) is 4.79 Å². The lowest BCUT2D eigenvalue weighted by Crippen LogP contribution is -2.44. The average molecular weight is 453 g/mol. The fourth-order valence-corrected chi connectivity index (χ4v) is 5.62. The molecule has 0 saturated carbocycles. The zero-order chi connectivity index (χ0) is 23.2. The number of aliphatic hydroxyl groups is 1. The highest BCUT2D eigenvalue weighted by atomic mass is 19.3. The zero-order valence-electron chi connectivity index (χ0n) is 17.8. The predicted octanol–water partition coefficient (Wildman–Crippen LogP) is 2.96. The number of hydrogen-bond acceptors (Lipinski definition) is 6. The van der Waals surface area contributed by atoms with E-state index in [1.54, 1.807) is 19.1 Å². The lowest BCUT2D eigenvalue weighted by molar-refractivity contribution is -0.172. The van der Waals surface area contributed by atoms with Crippen LogP contribution in [-0.4, -0.2) is 20.6 Å². The molecule has 3 aromatic rings. The number of nitrogens with two attached hydrogens (primary N) is 1. The van der Waals surface area contributed by atoms with Crippen molar-refractivity contribution in [3.63, 3.8) is 0 Å². The van der Waals surface area contributed by atoms with Crippen LogP contribution in [0, 0.1) is 0 Å². The standard InChI is InChI=1S/C24H21F2N3O4/c1-2-24(32)14-7-17-20-12(8-29(17)22(30)13(14)9-33-23(24)31)18-15(27)5-3-10-11(21(25)26)4-6-16(28-20)19(10)18/h4,6-7,15,21,32H,2-3,5,8-9,27H2,1H3/t15-,24-/m0/s1. The van der Waals surface area contributed by atoms with Crippen LogP contribution in [0.5, 0.6) is 0 Å². The Balaban J connectivity index is 1.67. The minimum absolute atomic E-state index is 0.00999. The molecule has 3 aliphatic rings. The summed E-state index contributed by atoms with van der Waals surface area (Å²) in [6, 6.07) is 4.24. The largest absolute Gasteiger partial charge is 0.458 e. The molecule has 2 aromatic heterocycles. The first-order valence-electron chi connectivity index (χ1n) is 11.0. The molecule has 0 amide bonds. The number of esters is 1. The highest BCUT2D eigenvalue weighted by molar-refractivity contribution is 5.93. The summed E-state index contributed by atoms with van der Waals surface area (Å²) in [6.45, 7) is 1.63. The van der Waals surface area contributed by atoms with Gasteiger partial charge in [0.15, 0.2) is 5.60 Å². The third kappa shape index (κ3) is 2.52. The number of aromatic nitrogens is 2. The molecule has 7 nitrogen and oxygen atoms in total. The molecule has 0 fully saturated rings. The van der Waals surface area contributed by atoms with Gasteiger partial charge in [-0.15, -0.1) is 0 Å². The third-order valence-corrected chi connectivity index (χ3v) is 7.35. The molecule has 0 unspecified atom stereocenters. The Morgan fingerprint density at radius 2 is 2.09 bits per heavy atom. The van der Waals surface area contributed by atoms with Crippen LogP contribution in [-0.2, 0) is 34.7 Å². The maximum atomic E-state index is 13.7. The highest BCUT2D eigenvalue weighted by Gasteiger charge is 2.45. The van der Waals surface area contributed by atoms with Crippen LogP contribution in [0.2, 0.25) is 0 Å². The van der Waals surface area contributed by atoms with Crippen LogP contribution in [0.3, 0.4) is 0 Å². The number of benzene rings is 1. The molecule has 6 rings (SSSR count). The van der Waals surface area contributed by atoms with Crippen molar-refractivity contribution in [3.05, 3.63) is 61.9 Å². The number of carbonyl (C=O) groups excluding carboxylic acids is 1. The van der Waals surface area contributed by atoms with Crippen molar-refractivity contribution < 1.29 is 23.4 Å². The first-order chi connectivity index (χ1) is 15.8. The van der Waals surface area contributed by atoms with Gasteiger partial charge >= 0.3 is 5.97 Å². The van der Waals surface area contributed by atoms with Gasteiger partial charge in [0, 0.05) is 28.1 Å². The molecule has 1 aromatic carbocycles. The first kappa shape index (κ1) is 20.4. The van der Waals surface area contributed by atoms with Crippen LogP contribution < -0.4 is 11.3 Å². The van der Waals surface area contributed by atoms with E-state index in [1.165, 1.54) is 10.6 Å². The summed E-state index contributed by atoms with van der Waals surface area (Å²) in [7, 11) is 0. The van der Waals surface area contributed by atoms with Crippen molar-refractivity contribution in [3.8, 4) is 11.4 Å². The van der Waals surface area contributed by atoms with Crippen molar-refractivity contribution in [2.24, 2.45) is 5.73 Å². The SMILES string of the molecule is CC[C@@]1(O)C(=O)OCc2c1cc1n(c2=O)Cc2c-1nc1ccc(C(F)F)c3c1c2[C@@H](N)CC3. The Labute approximate surface area is 186 Å². The van der Waals surface area contributed by atoms with Crippen molar-refractivity contribution in [2.45, 2.75) is 57.4 Å². The maximum Gasteiger partial charge on any atom is 0.343 e. The maximum absolute atomic E-state index is 13.7. The van der Waals surface area contributed by atoms with E-state index >= 15 is 0 Å². The number of nitrogens with zero attached hydrogens (tertiary/aromatic N) is 2. The van der Waals surface area contributed by atoms with E-state index in [2.05, 4.69) is 0 Å². The quantitative estimate of drug-likeness (QED) is 0.452. The van der Waals surface area contributed by atoms with E-state index in [0.29, 0.717) is 40.7 Å².